The number of ether oxygens (including phenoxy) is 2. The highest BCUT2D eigenvalue weighted by atomic mass is 16.5. The van der Waals surface area contributed by atoms with E-state index in [1.807, 2.05) is 54.5 Å². The van der Waals surface area contributed by atoms with Crippen molar-refractivity contribution in [2.24, 2.45) is 12.0 Å². The van der Waals surface area contributed by atoms with Crippen LogP contribution in [0.5, 0.6) is 11.5 Å². The van der Waals surface area contributed by atoms with Crippen molar-refractivity contribution < 1.29 is 9.47 Å². The van der Waals surface area contributed by atoms with E-state index in [-0.39, 0.29) is 0 Å². The molecule has 1 aromatic heterocycles. The first-order chi connectivity index (χ1) is 15.2. The zero-order valence-electron chi connectivity index (χ0n) is 18.1. The second kappa shape index (κ2) is 10.0. The summed E-state index contributed by atoms with van der Waals surface area (Å²) in [6, 6.07) is 14.2. The number of fused-ring (bicyclic) bond motifs is 1. The molecule has 31 heavy (non-hydrogen) atoms. The van der Waals surface area contributed by atoms with Gasteiger partial charge in [0, 0.05) is 38.0 Å². The topological polar surface area (TPSA) is 72.7 Å². The van der Waals surface area contributed by atoms with Gasteiger partial charge in [0.2, 0.25) is 0 Å². The van der Waals surface area contributed by atoms with Gasteiger partial charge in [0.25, 0.3) is 0 Å². The van der Waals surface area contributed by atoms with Crippen molar-refractivity contribution in [3.63, 3.8) is 0 Å². The lowest BCUT2D eigenvalue weighted by atomic mass is 10.1. The van der Waals surface area contributed by atoms with Crippen LogP contribution >= 0.6 is 0 Å². The Morgan fingerprint density at radius 3 is 2.77 bits per heavy atom. The molecule has 1 aliphatic rings. The van der Waals surface area contributed by atoms with Crippen molar-refractivity contribution >= 4 is 11.6 Å². The SMILES string of the molecule is Cc1ccccc1CN=C(NCCc1cnn(C)c1)Nc1ccc2c(c1)OCCCO2. The van der Waals surface area contributed by atoms with E-state index in [1.54, 1.807) is 0 Å². The smallest absolute Gasteiger partial charge is 0.196 e. The fraction of sp³-hybridized carbons (Fsp3) is 0.333. The Hall–Kier alpha value is -3.48. The number of aliphatic imine (C=N–C) groups is 1. The van der Waals surface area contributed by atoms with Gasteiger partial charge in [-0.3, -0.25) is 4.68 Å². The van der Waals surface area contributed by atoms with Gasteiger partial charge in [0.05, 0.1) is 26.0 Å². The number of nitrogens with zero attached hydrogens (tertiary/aromatic N) is 3. The minimum atomic E-state index is 0.597. The zero-order chi connectivity index (χ0) is 21.5. The van der Waals surface area contributed by atoms with Crippen LogP contribution in [-0.2, 0) is 20.0 Å². The van der Waals surface area contributed by atoms with Crippen molar-refractivity contribution in [2.75, 3.05) is 25.1 Å². The Balaban J connectivity index is 1.47. The molecule has 7 nitrogen and oxygen atoms in total. The largest absolute Gasteiger partial charge is 0.490 e. The molecule has 0 saturated carbocycles. The molecular formula is C24H29N5O2. The van der Waals surface area contributed by atoms with E-state index in [2.05, 4.69) is 34.8 Å². The van der Waals surface area contributed by atoms with Crippen LogP contribution in [0.25, 0.3) is 0 Å². The van der Waals surface area contributed by atoms with Gasteiger partial charge in [-0.05, 0) is 42.2 Å². The van der Waals surface area contributed by atoms with Gasteiger partial charge in [-0.1, -0.05) is 24.3 Å². The summed E-state index contributed by atoms with van der Waals surface area (Å²) >= 11 is 0. The third kappa shape index (κ3) is 5.78. The minimum Gasteiger partial charge on any atom is -0.490 e. The number of nitrogens with one attached hydrogen (secondary N) is 2. The lowest BCUT2D eigenvalue weighted by Gasteiger charge is -2.15. The van der Waals surface area contributed by atoms with E-state index < -0.39 is 0 Å². The van der Waals surface area contributed by atoms with Crippen molar-refractivity contribution in [3.8, 4) is 11.5 Å². The first-order valence-corrected chi connectivity index (χ1v) is 10.6. The Bertz CT molecular complexity index is 1040. The number of hydrogen-bond acceptors (Lipinski definition) is 4. The fourth-order valence-corrected chi connectivity index (χ4v) is 3.40. The van der Waals surface area contributed by atoms with Crippen molar-refractivity contribution in [1.29, 1.82) is 0 Å². The highest BCUT2D eigenvalue weighted by molar-refractivity contribution is 5.94. The van der Waals surface area contributed by atoms with Crippen LogP contribution in [0.2, 0.25) is 0 Å². The zero-order valence-corrected chi connectivity index (χ0v) is 18.1. The second-order valence-electron chi connectivity index (χ2n) is 7.63. The number of benzene rings is 2. The van der Waals surface area contributed by atoms with Crippen LogP contribution in [0.4, 0.5) is 5.69 Å². The number of aryl methyl sites for hydroxylation is 2. The van der Waals surface area contributed by atoms with E-state index in [0.717, 1.165) is 42.5 Å². The molecule has 2 N–H and O–H groups in total. The lowest BCUT2D eigenvalue weighted by Crippen LogP contribution is -2.32. The summed E-state index contributed by atoms with van der Waals surface area (Å²) in [4.78, 5) is 4.82. The first kappa shape index (κ1) is 20.8. The number of anilines is 1. The maximum absolute atomic E-state index is 5.82. The molecule has 0 fully saturated rings. The molecule has 0 unspecified atom stereocenters. The van der Waals surface area contributed by atoms with Crippen LogP contribution in [-0.4, -0.2) is 35.5 Å². The summed E-state index contributed by atoms with van der Waals surface area (Å²) in [5, 5.41) is 11.1. The predicted octanol–water partition coefficient (Wildman–Crippen LogP) is 3.69. The standard InChI is InChI=1S/C24H29N5O2/c1-18-6-3-4-7-20(18)16-26-24(25-11-10-19-15-27-29(2)17-19)28-21-8-9-22-23(14-21)31-13-5-12-30-22/h3-4,6-9,14-15,17H,5,10-13,16H2,1-2H3,(H2,25,26,28). The molecule has 1 aliphatic heterocycles. The van der Waals surface area contributed by atoms with Crippen molar-refractivity contribution in [2.45, 2.75) is 26.3 Å². The quantitative estimate of drug-likeness (QED) is 0.471. The Kier molecular flexibility index (Phi) is 6.72. The van der Waals surface area contributed by atoms with Gasteiger partial charge < -0.3 is 20.1 Å². The lowest BCUT2D eigenvalue weighted by molar-refractivity contribution is 0.297. The molecule has 0 radical (unpaired) electrons. The molecule has 4 rings (SSSR count). The molecule has 2 heterocycles. The number of hydrogen-bond donors (Lipinski definition) is 2. The third-order valence-electron chi connectivity index (χ3n) is 5.14. The summed E-state index contributed by atoms with van der Waals surface area (Å²) < 4.78 is 13.4. The van der Waals surface area contributed by atoms with Gasteiger partial charge in [0.15, 0.2) is 17.5 Å². The van der Waals surface area contributed by atoms with E-state index in [0.29, 0.717) is 19.8 Å². The van der Waals surface area contributed by atoms with Crippen LogP contribution in [0.3, 0.4) is 0 Å². The summed E-state index contributed by atoms with van der Waals surface area (Å²) in [5.41, 5.74) is 4.52. The third-order valence-corrected chi connectivity index (χ3v) is 5.14. The van der Waals surface area contributed by atoms with E-state index in [1.165, 1.54) is 16.7 Å². The fourth-order valence-electron chi connectivity index (χ4n) is 3.40. The van der Waals surface area contributed by atoms with Gasteiger partial charge in [0.1, 0.15) is 0 Å². The van der Waals surface area contributed by atoms with Crippen LogP contribution in [0.1, 0.15) is 23.1 Å². The number of aromatic nitrogens is 2. The summed E-state index contributed by atoms with van der Waals surface area (Å²) in [6.07, 6.45) is 5.67. The predicted molar refractivity (Wildman–Crippen MR) is 123 cm³/mol. The Morgan fingerprint density at radius 2 is 1.97 bits per heavy atom. The van der Waals surface area contributed by atoms with Crippen LogP contribution in [0, 0.1) is 6.92 Å². The molecule has 0 bridgehead atoms. The van der Waals surface area contributed by atoms with Crippen molar-refractivity contribution in [1.82, 2.24) is 15.1 Å². The van der Waals surface area contributed by atoms with Crippen molar-refractivity contribution in [3.05, 3.63) is 71.5 Å². The van der Waals surface area contributed by atoms with Crippen LogP contribution < -0.4 is 20.1 Å². The molecule has 162 valence electrons. The monoisotopic (exact) mass is 419 g/mol. The summed E-state index contributed by atoms with van der Waals surface area (Å²) in [7, 11) is 1.93. The van der Waals surface area contributed by atoms with E-state index >= 15 is 0 Å². The highest BCUT2D eigenvalue weighted by Crippen LogP contribution is 2.32. The number of guanidine groups is 1. The minimum absolute atomic E-state index is 0.597. The van der Waals surface area contributed by atoms with Crippen LogP contribution in [0.15, 0.2) is 59.9 Å². The normalized spacial score (nSPS) is 13.5. The molecule has 0 atom stereocenters. The van der Waals surface area contributed by atoms with Gasteiger partial charge in [-0.15, -0.1) is 0 Å². The Labute approximate surface area is 183 Å². The molecule has 7 heteroatoms. The summed E-state index contributed by atoms with van der Waals surface area (Å²) in [5.74, 6) is 2.27. The number of rotatable bonds is 6. The molecular weight excluding hydrogens is 390 g/mol. The highest BCUT2D eigenvalue weighted by Gasteiger charge is 2.11. The van der Waals surface area contributed by atoms with E-state index in [9.17, 15) is 0 Å². The molecule has 3 aromatic rings. The molecule has 2 aromatic carbocycles. The first-order valence-electron chi connectivity index (χ1n) is 10.6. The molecule has 0 aliphatic carbocycles. The molecule has 0 spiro atoms. The second-order valence-corrected chi connectivity index (χ2v) is 7.63. The van der Waals surface area contributed by atoms with Gasteiger partial charge in [-0.2, -0.15) is 5.10 Å². The maximum Gasteiger partial charge on any atom is 0.196 e. The van der Waals surface area contributed by atoms with Gasteiger partial charge in [-0.25, -0.2) is 4.99 Å². The average Bonchev–Trinajstić information content (AvgIpc) is 3.04. The average molecular weight is 420 g/mol. The van der Waals surface area contributed by atoms with E-state index in [4.69, 9.17) is 14.5 Å². The molecule has 0 amide bonds. The van der Waals surface area contributed by atoms with Gasteiger partial charge >= 0.3 is 0 Å². The molecule has 0 saturated heterocycles. The maximum atomic E-state index is 5.82. The summed E-state index contributed by atoms with van der Waals surface area (Å²) in [6.45, 7) is 4.79. The Morgan fingerprint density at radius 1 is 1.13 bits per heavy atom.